The highest BCUT2D eigenvalue weighted by molar-refractivity contribution is 7.84. The third-order valence-corrected chi connectivity index (χ3v) is 4.08. The molecule has 8 heteroatoms. The summed E-state index contributed by atoms with van der Waals surface area (Å²) in [6.07, 6.45) is 1.58. The van der Waals surface area contributed by atoms with E-state index in [0.29, 0.717) is 17.9 Å². The molecule has 1 rings (SSSR count). The van der Waals surface area contributed by atoms with E-state index in [1.165, 1.54) is 0 Å². The van der Waals surface area contributed by atoms with Gasteiger partial charge in [-0.3, -0.25) is 9.00 Å². The van der Waals surface area contributed by atoms with Gasteiger partial charge in [0, 0.05) is 28.9 Å². The zero-order valence-electron chi connectivity index (χ0n) is 11.9. The topological polar surface area (TPSA) is 114 Å². The Kier molecular flexibility index (Phi) is 6.67. The van der Waals surface area contributed by atoms with Crippen LogP contribution in [0.15, 0.2) is 29.4 Å². The fraction of sp³-hybridized carbons (Fsp3) is 0.385. The van der Waals surface area contributed by atoms with Crippen LogP contribution in [0.3, 0.4) is 0 Å². The Balaban J connectivity index is 2.56. The lowest BCUT2D eigenvalue weighted by Gasteiger charge is -2.12. The minimum atomic E-state index is -0.993. The summed E-state index contributed by atoms with van der Waals surface area (Å²) in [5, 5.41) is 14.1. The number of ether oxygens (including phenoxy) is 1. The van der Waals surface area contributed by atoms with Crippen molar-refractivity contribution in [2.24, 2.45) is 10.9 Å². The number of hydrogen-bond donors (Lipinski definition) is 3. The van der Waals surface area contributed by atoms with E-state index in [2.05, 4.69) is 10.5 Å². The van der Waals surface area contributed by atoms with Crippen LogP contribution < -0.4 is 15.8 Å². The summed E-state index contributed by atoms with van der Waals surface area (Å²) < 4.78 is 16.5. The van der Waals surface area contributed by atoms with Crippen LogP contribution in [0.4, 0.5) is 0 Å². The summed E-state index contributed by atoms with van der Waals surface area (Å²) in [5.74, 6) is -0.0855. The zero-order chi connectivity index (χ0) is 15.8. The lowest BCUT2D eigenvalue weighted by atomic mass is 10.2. The number of hydrogen-bond acceptors (Lipinski definition) is 5. The SMILES string of the molecule is CC(CNC(=O)COc1ccccc1/C(N)=N/O)S(C)=O. The van der Waals surface area contributed by atoms with Gasteiger partial charge >= 0.3 is 0 Å². The number of nitrogens with zero attached hydrogens (tertiary/aromatic N) is 1. The summed E-state index contributed by atoms with van der Waals surface area (Å²) in [4.78, 5) is 11.6. The van der Waals surface area contributed by atoms with Crippen LogP contribution in [0.25, 0.3) is 0 Å². The molecule has 0 saturated heterocycles. The number of nitrogens with one attached hydrogen (secondary N) is 1. The van der Waals surface area contributed by atoms with Crippen LogP contribution in [-0.4, -0.2) is 45.8 Å². The monoisotopic (exact) mass is 313 g/mol. The average molecular weight is 313 g/mol. The first-order valence-electron chi connectivity index (χ1n) is 6.24. The van der Waals surface area contributed by atoms with Crippen LogP contribution in [0, 0.1) is 0 Å². The standard InChI is InChI=1S/C13H19N3O4S/c1-9(21(2)19)7-15-12(17)8-20-11-6-4-3-5-10(11)13(14)16-18/h3-6,9,18H,7-8H2,1-2H3,(H2,14,16)(H,15,17). The number of carbonyl (C=O) groups excluding carboxylic acids is 1. The first-order chi connectivity index (χ1) is 9.95. The van der Waals surface area contributed by atoms with Crippen molar-refractivity contribution in [3.05, 3.63) is 29.8 Å². The number of carbonyl (C=O) groups is 1. The Hall–Kier alpha value is -2.09. The lowest BCUT2D eigenvalue weighted by Crippen LogP contribution is -2.35. The van der Waals surface area contributed by atoms with Gasteiger partial charge < -0.3 is 21.0 Å². The van der Waals surface area contributed by atoms with Crippen molar-refractivity contribution in [1.29, 1.82) is 0 Å². The van der Waals surface area contributed by atoms with E-state index in [1.807, 2.05) is 0 Å². The summed E-state index contributed by atoms with van der Waals surface area (Å²) in [6.45, 7) is 1.89. The second kappa shape index (κ2) is 8.25. The highest BCUT2D eigenvalue weighted by atomic mass is 32.2. The predicted molar refractivity (Wildman–Crippen MR) is 81.0 cm³/mol. The number of nitrogens with two attached hydrogens (primary N) is 1. The Morgan fingerprint density at radius 2 is 2.19 bits per heavy atom. The maximum atomic E-state index is 11.6. The molecule has 0 aliphatic heterocycles. The highest BCUT2D eigenvalue weighted by Crippen LogP contribution is 2.17. The molecular formula is C13H19N3O4S. The van der Waals surface area contributed by atoms with Gasteiger partial charge in [-0.05, 0) is 19.1 Å². The van der Waals surface area contributed by atoms with E-state index in [9.17, 15) is 9.00 Å². The number of benzene rings is 1. The van der Waals surface area contributed by atoms with Gasteiger partial charge in [0.1, 0.15) is 5.75 Å². The quantitative estimate of drug-likeness (QED) is 0.285. The van der Waals surface area contributed by atoms with E-state index in [0.717, 1.165) is 0 Å². The fourth-order valence-corrected chi connectivity index (χ4v) is 1.75. The molecule has 116 valence electrons. The largest absolute Gasteiger partial charge is 0.483 e. The summed E-state index contributed by atoms with van der Waals surface area (Å²) >= 11 is 0. The minimum Gasteiger partial charge on any atom is -0.483 e. The van der Waals surface area contributed by atoms with Crippen LogP contribution in [-0.2, 0) is 15.6 Å². The van der Waals surface area contributed by atoms with E-state index < -0.39 is 10.8 Å². The number of oxime groups is 1. The zero-order valence-corrected chi connectivity index (χ0v) is 12.7. The van der Waals surface area contributed by atoms with Gasteiger partial charge in [-0.15, -0.1) is 0 Å². The molecule has 7 nitrogen and oxygen atoms in total. The van der Waals surface area contributed by atoms with Crippen molar-refractivity contribution in [2.75, 3.05) is 19.4 Å². The molecule has 4 N–H and O–H groups in total. The summed E-state index contributed by atoms with van der Waals surface area (Å²) in [6, 6.07) is 6.65. The van der Waals surface area contributed by atoms with E-state index in [-0.39, 0.29) is 23.6 Å². The molecule has 2 atom stereocenters. The summed E-state index contributed by atoms with van der Waals surface area (Å²) in [5.41, 5.74) is 5.92. The molecule has 0 aliphatic rings. The molecule has 0 saturated carbocycles. The summed E-state index contributed by atoms with van der Waals surface area (Å²) in [7, 11) is -0.993. The third-order valence-electron chi connectivity index (χ3n) is 2.78. The third kappa shape index (κ3) is 5.42. The van der Waals surface area contributed by atoms with Crippen LogP contribution in [0.2, 0.25) is 0 Å². The molecule has 0 radical (unpaired) electrons. The normalized spacial score (nSPS) is 14.3. The predicted octanol–water partition coefficient (Wildman–Crippen LogP) is 0.0431. The molecule has 0 aliphatic carbocycles. The molecule has 0 aromatic heterocycles. The molecule has 1 aromatic rings. The van der Waals surface area contributed by atoms with Crippen molar-refractivity contribution in [3.8, 4) is 5.75 Å². The molecule has 0 spiro atoms. The number of rotatable bonds is 7. The van der Waals surface area contributed by atoms with E-state index in [4.69, 9.17) is 15.7 Å². The Labute approximate surface area is 125 Å². The second-order valence-corrected chi connectivity index (χ2v) is 6.19. The van der Waals surface area contributed by atoms with Crippen molar-refractivity contribution in [2.45, 2.75) is 12.2 Å². The van der Waals surface area contributed by atoms with Gasteiger partial charge in [-0.25, -0.2) is 0 Å². The van der Waals surface area contributed by atoms with Gasteiger partial charge in [0.15, 0.2) is 12.4 Å². The second-order valence-electron chi connectivity index (χ2n) is 4.38. The van der Waals surface area contributed by atoms with Gasteiger partial charge in [-0.1, -0.05) is 17.3 Å². The molecule has 1 aromatic carbocycles. The smallest absolute Gasteiger partial charge is 0.257 e. The maximum absolute atomic E-state index is 11.6. The lowest BCUT2D eigenvalue weighted by molar-refractivity contribution is -0.123. The molecule has 2 unspecified atom stereocenters. The van der Waals surface area contributed by atoms with Gasteiger partial charge in [-0.2, -0.15) is 0 Å². The van der Waals surface area contributed by atoms with Crippen molar-refractivity contribution in [1.82, 2.24) is 5.32 Å². The van der Waals surface area contributed by atoms with Crippen molar-refractivity contribution in [3.63, 3.8) is 0 Å². The molecular weight excluding hydrogens is 294 g/mol. The number of amidine groups is 1. The molecule has 0 bridgehead atoms. The number of para-hydroxylation sites is 1. The van der Waals surface area contributed by atoms with Crippen LogP contribution in [0.1, 0.15) is 12.5 Å². The van der Waals surface area contributed by atoms with E-state index >= 15 is 0 Å². The van der Waals surface area contributed by atoms with Crippen molar-refractivity contribution >= 4 is 22.5 Å². The van der Waals surface area contributed by atoms with Crippen LogP contribution >= 0.6 is 0 Å². The minimum absolute atomic E-state index is 0.0963. The Bertz CT molecular complexity index is 548. The fourth-order valence-electron chi connectivity index (χ4n) is 1.43. The van der Waals surface area contributed by atoms with Crippen molar-refractivity contribution < 1.29 is 18.9 Å². The van der Waals surface area contributed by atoms with Crippen LogP contribution in [0.5, 0.6) is 5.75 Å². The number of amides is 1. The molecule has 1 amide bonds. The highest BCUT2D eigenvalue weighted by Gasteiger charge is 2.11. The van der Waals surface area contributed by atoms with Gasteiger partial charge in [0.2, 0.25) is 0 Å². The first-order valence-corrected chi connectivity index (χ1v) is 7.86. The molecule has 21 heavy (non-hydrogen) atoms. The average Bonchev–Trinajstić information content (AvgIpc) is 2.49. The molecule has 0 fully saturated rings. The maximum Gasteiger partial charge on any atom is 0.257 e. The molecule has 0 heterocycles. The van der Waals surface area contributed by atoms with Gasteiger partial charge in [0.05, 0.1) is 5.56 Å². The Morgan fingerprint density at radius 1 is 1.52 bits per heavy atom. The first kappa shape index (κ1) is 17.0. The Morgan fingerprint density at radius 3 is 2.81 bits per heavy atom. The van der Waals surface area contributed by atoms with E-state index in [1.54, 1.807) is 37.4 Å². The van der Waals surface area contributed by atoms with Gasteiger partial charge in [0.25, 0.3) is 5.91 Å².